The average Bonchev–Trinajstić information content (AvgIpc) is 3.59. The molecule has 1 amide bonds. The fraction of sp³-hybridized carbons (Fsp3) is 0.273. The molecule has 5 rings (SSSR count). The molecule has 4 aromatic heterocycles. The number of aryl methyl sites for hydroxylation is 1. The van der Waals surface area contributed by atoms with Crippen molar-refractivity contribution in [3.63, 3.8) is 0 Å². The van der Waals surface area contributed by atoms with Gasteiger partial charge in [0, 0.05) is 50.4 Å². The summed E-state index contributed by atoms with van der Waals surface area (Å²) in [5.74, 6) is -1.37. The van der Waals surface area contributed by atoms with Crippen molar-refractivity contribution in [2.24, 2.45) is 0 Å². The maximum atomic E-state index is 12.7. The van der Waals surface area contributed by atoms with Crippen LogP contribution in [0.2, 0.25) is 0 Å². The van der Waals surface area contributed by atoms with Crippen molar-refractivity contribution in [1.29, 1.82) is 0 Å². The van der Waals surface area contributed by atoms with Gasteiger partial charge in [-0.3, -0.25) is 9.48 Å². The van der Waals surface area contributed by atoms with Crippen LogP contribution < -0.4 is 5.32 Å². The smallest absolute Gasteiger partial charge is 0.262 e. The van der Waals surface area contributed by atoms with E-state index in [1.165, 1.54) is 6.07 Å². The van der Waals surface area contributed by atoms with E-state index in [1.54, 1.807) is 41.3 Å². The van der Waals surface area contributed by atoms with E-state index in [-0.39, 0.29) is 5.69 Å². The molecular formula is C22H22N8O3. The number of carbonyl (C=O) groups is 1. The highest BCUT2D eigenvalue weighted by molar-refractivity contribution is 5.87. The predicted octanol–water partition coefficient (Wildman–Crippen LogP) is 2.20. The monoisotopic (exact) mass is 450 g/mol. The molecule has 0 unspecified atom stereocenters. The molecule has 4 aromatic rings. The standard InChI is InChI=1S/C22H22N8O3/c1-3-30-13-14(12-24-30)25-21-23-9-7-17(27-21)15-5-4-6-16(26-15)18-11-19(33-28-18)22(32)8-10-29(2)20(22)31/h4-7,9,11-13,32H,3,8,10H2,1-2H3,(H,23,25,27)/t22-/m1/s1/i8D2,10D2. The third-order valence-corrected chi connectivity index (χ3v) is 5.03. The van der Waals surface area contributed by atoms with Crippen LogP contribution >= 0.6 is 0 Å². The zero-order valence-electron chi connectivity index (χ0n) is 21.7. The van der Waals surface area contributed by atoms with Crippen LogP contribution in [-0.2, 0) is 16.9 Å². The molecule has 5 heterocycles. The molecule has 0 spiro atoms. The Kier molecular flexibility index (Phi) is 4.05. The van der Waals surface area contributed by atoms with E-state index >= 15 is 0 Å². The summed E-state index contributed by atoms with van der Waals surface area (Å²) in [5.41, 5.74) is -0.794. The number of likely N-dealkylation sites (tertiary alicyclic amines) is 1. The van der Waals surface area contributed by atoms with Crippen molar-refractivity contribution in [3.05, 3.63) is 54.7 Å². The number of anilines is 2. The minimum absolute atomic E-state index is 0.114. The third-order valence-electron chi connectivity index (χ3n) is 5.03. The lowest BCUT2D eigenvalue weighted by atomic mass is 9.98. The first kappa shape index (κ1) is 16.5. The molecule has 0 bridgehead atoms. The molecule has 0 aromatic carbocycles. The number of nitrogens with zero attached hydrogens (tertiary/aromatic N) is 7. The molecule has 1 fully saturated rings. The molecule has 1 aliphatic rings. The first-order chi connectivity index (χ1) is 17.5. The van der Waals surface area contributed by atoms with Gasteiger partial charge in [0.15, 0.2) is 5.76 Å². The van der Waals surface area contributed by atoms with Crippen LogP contribution in [0.25, 0.3) is 22.8 Å². The Morgan fingerprint density at radius 3 is 2.76 bits per heavy atom. The van der Waals surface area contributed by atoms with Crippen LogP contribution in [0.15, 0.2) is 53.4 Å². The summed E-state index contributed by atoms with van der Waals surface area (Å²) in [6.45, 7) is -0.0794. The SMILES string of the molecule is [2H]C1([2H])N(C)C(=O)[C@](O)(c2cc(-c3cccc(-c4ccnc(Nc5cnn(CC)c5)n4)n3)no2)C1([2H])[2H]. The summed E-state index contributed by atoms with van der Waals surface area (Å²) in [5, 5.41) is 22.2. The van der Waals surface area contributed by atoms with Gasteiger partial charge in [0.2, 0.25) is 11.5 Å². The molecule has 1 aliphatic heterocycles. The van der Waals surface area contributed by atoms with Crippen LogP contribution in [0.5, 0.6) is 0 Å². The number of aromatic nitrogens is 6. The van der Waals surface area contributed by atoms with Crippen LogP contribution in [0.4, 0.5) is 11.6 Å². The van der Waals surface area contributed by atoms with E-state index in [0.717, 1.165) is 19.3 Å². The molecule has 1 atom stereocenters. The van der Waals surface area contributed by atoms with Crippen molar-refractivity contribution in [3.8, 4) is 22.8 Å². The lowest BCUT2D eigenvalue weighted by molar-refractivity contribution is -0.144. The second-order valence-corrected chi connectivity index (χ2v) is 7.27. The topological polar surface area (TPSA) is 135 Å². The van der Waals surface area contributed by atoms with E-state index in [2.05, 4.69) is 30.5 Å². The predicted molar refractivity (Wildman–Crippen MR) is 118 cm³/mol. The first-order valence-corrected chi connectivity index (χ1v) is 10.1. The average molecular weight is 450 g/mol. The molecule has 11 nitrogen and oxygen atoms in total. The zero-order chi connectivity index (χ0) is 26.6. The zero-order valence-corrected chi connectivity index (χ0v) is 17.7. The molecule has 2 N–H and O–H groups in total. The lowest BCUT2D eigenvalue weighted by Gasteiger charge is -2.16. The number of nitrogens with one attached hydrogen (secondary N) is 1. The van der Waals surface area contributed by atoms with Gasteiger partial charge in [-0.1, -0.05) is 11.2 Å². The molecular weight excluding hydrogens is 424 g/mol. The van der Waals surface area contributed by atoms with Crippen LogP contribution in [0, 0.1) is 0 Å². The minimum atomic E-state index is -3.02. The first-order valence-electron chi connectivity index (χ1n) is 12.1. The van der Waals surface area contributed by atoms with Crippen molar-refractivity contribution >= 4 is 17.5 Å². The van der Waals surface area contributed by atoms with E-state index in [1.807, 2.05) is 13.1 Å². The Labute approximate surface area is 194 Å². The summed E-state index contributed by atoms with van der Waals surface area (Å²) < 4.78 is 39.2. The molecule has 0 aliphatic carbocycles. The van der Waals surface area contributed by atoms with E-state index in [9.17, 15) is 9.90 Å². The summed E-state index contributed by atoms with van der Waals surface area (Å²) >= 11 is 0. The molecule has 0 saturated carbocycles. The summed E-state index contributed by atoms with van der Waals surface area (Å²) in [6, 6.07) is 7.89. The fourth-order valence-electron chi connectivity index (χ4n) is 3.26. The van der Waals surface area contributed by atoms with Gasteiger partial charge >= 0.3 is 0 Å². The van der Waals surface area contributed by atoms with Gasteiger partial charge < -0.3 is 19.8 Å². The third kappa shape index (κ3) is 3.82. The minimum Gasteiger partial charge on any atom is -0.373 e. The lowest BCUT2D eigenvalue weighted by Crippen LogP contribution is -2.35. The van der Waals surface area contributed by atoms with Gasteiger partial charge in [0.1, 0.15) is 5.69 Å². The highest BCUT2D eigenvalue weighted by Crippen LogP contribution is 2.34. The van der Waals surface area contributed by atoms with Gasteiger partial charge in [0.05, 0.1) is 29.0 Å². The largest absolute Gasteiger partial charge is 0.373 e. The van der Waals surface area contributed by atoms with Gasteiger partial charge in [-0.2, -0.15) is 5.10 Å². The van der Waals surface area contributed by atoms with E-state index in [4.69, 9.17) is 10.0 Å². The molecule has 0 radical (unpaired) electrons. The molecule has 1 saturated heterocycles. The number of likely N-dealkylation sites (N-methyl/N-ethyl adjacent to an activating group) is 1. The van der Waals surface area contributed by atoms with Gasteiger partial charge in [-0.25, -0.2) is 15.0 Å². The number of hydrogen-bond donors (Lipinski definition) is 2. The molecule has 11 heteroatoms. The van der Waals surface area contributed by atoms with E-state index in [0.29, 0.717) is 27.9 Å². The number of rotatable bonds is 6. The normalized spacial score (nSPS) is 23.0. The highest BCUT2D eigenvalue weighted by Gasteiger charge is 2.48. The number of aliphatic hydroxyl groups is 1. The fourth-order valence-corrected chi connectivity index (χ4v) is 3.26. The van der Waals surface area contributed by atoms with Crippen molar-refractivity contribution < 1.29 is 19.9 Å². The maximum absolute atomic E-state index is 12.7. The molecule has 33 heavy (non-hydrogen) atoms. The van der Waals surface area contributed by atoms with Crippen LogP contribution in [0.3, 0.4) is 0 Å². The van der Waals surface area contributed by atoms with Gasteiger partial charge in [0.25, 0.3) is 5.91 Å². The number of pyridine rings is 1. The second-order valence-electron chi connectivity index (χ2n) is 7.27. The quantitative estimate of drug-likeness (QED) is 0.453. The van der Waals surface area contributed by atoms with E-state index < -0.39 is 30.1 Å². The van der Waals surface area contributed by atoms with Crippen LogP contribution in [-0.4, -0.2) is 59.3 Å². The number of amides is 1. The summed E-state index contributed by atoms with van der Waals surface area (Å²) in [6.07, 6.45) is 2.04. The Morgan fingerprint density at radius 1 is 1.24 bits per heavy atom. The van der Waals surface area contributed by atoms with Gasteiger partial charge in [-0.15, -0.1) is 0 Å². The Hall–Kier alpha value is -4.12. The Bertz CT molecular complexity index is 1490. The van der Waals surface area contributed by atoms with Crippen LogP contribution in [0.1, 0.15) is 24.5 Å². The summed E-state index contributed by atoms with van der Waals surface area (Å²) in [4.78, 5) is 26.5. The summed E-state index contributed by atoms with van der Waals surface area (Å²) in [7, 11) is 1.07. The highest BCUT2D eigenvalue weighted by atomic mass is 16.5. The number of hydrogen-bond acceptors (Lipinski definition) is 9. The van der Waals surface area contributed by atoms with Crippen molar-refractivity contribution in [2.45, 2.75) is 25.4 Å². The van der Waals surface area contributed by atoms with Crippen molar-refractivity contribution in [2.75, 3.05) is 18.9 Å². The maximum Gasteiger partial charge on any atom is 0.262 e. The Balaban J connectivity index is 1.45. The van der Waals surface area contributed by atoms with Crippen molar-refractivity contribution in [1.82, 2.24) is 34.8 Å². The second kappa shape index (κ2) is 8.10. The molecule has 168 valence electrons. The Morgan fingerprint density at radius 2 is 2.03 bits per heavy atom. The number of carbonyl (C=O) groups excluding carboxylic acids is 1. The van der Waals surface area contributed by atoms with Gasteiger partial charge in [-0.05, 0) is 25.1 Å².